The van der Waals surface area contributed by atoms with Gasteiger partial charge in [0.05, 0.1) is 4.90 Å². The molecule has 1 aliphatic carbocycles. The normalized spacial score (nSPS) is 12.0. The molecule has 0 bridgehead atoms. The molecule has 4 aromatic rings. The molecule has 0 aliphatic heterocycles. The number of carbonyl (C=O) groups is 1. The van der Waals surface area contributed by atoms with E-state index in [1.54, 1.807) is 42.5 Å². The minimum atomic E-state index is -3.67. The van der Waals surface area contributed by atoms with Gasteiger partial charge >= 0.3 is 0 Å². The van der Waals surface area contributed by atoms with Crippen LogP contribution in [-0.4, -0.2) is 14.3 Å². The fraction of sp³-hybridized carbons (Fsp3) is 0.0385. The van der Waals surface area contributed by atoms with Gasteiger partial charge in [-0.2, -0.15) is 0 Å². The smallest absolute Gasteiger partial charge is 0.261 e. The Morgan fingerprint density at radius 3 is 2.12 bits per heavy atom. The average molecular weight is 441 g/mol. The lowest BCUT2D eigenvalue weighted by molar-refractivity contribution is 0.102. The largest absolute Gasteiger partial charge is 0.322 e. The minimum absolute atomic E-state index is 0.181. The summed E-state index contributed by atoms with van der Waals surface area (Å²) < 4.78 is 27.4. The molecule has 0 spiro atoms. The molecule has 1 aliphatic rings. The molecule has 2 N–H and O–H groups in total. The van der Waals surface area contributed by atoms with Gasteiger partial charge in [-0.3, -0.25) is 9.52 Å². The molecule has 1 amide bonds. The molecule has 6 heteroatoms. The standard InChI is InChI=1S/C26H20N2O3S/c29-26(27-22-14-15-25-20(17-22)16-19-6-4-5-9-24(19)25)18-10-12-21(13-11-18)28-32(30,31)23-7-2-1-3-8-23/h1-15,17,28H,16H2,(H,27,29). The fourth-order valence-corrected chi connectivity index (χ4v) is 5.01. The Kier molecular flexibility index (Phi) is 4.99. The van der Waals surface area contributed by atoms with Crippen molar-refractivity contribution in [2.45, 2.75) is 11.3 Å². The number of carbonyl (C=O) groups excluding carboxylic acids is 1. The van der Waals surface area contributed by atoms with Crippen LogP contribution in [0.4, 0.5) is 11.4 Å². The van der Waals surface area contributed by atoms with Crippen molar-refractivity contribution in [3.05, 3.63) is 114 Å². The second-order valence-electron chi connectivity index (χ2n) is 7.66. The number of hydrogen-bond donors (Lipinski definition) is 2. The number of hydrogen-bond acceptors (Lipinski definition) is 3. The van der Waals surface area contributed by atoms with Crippen molar-refractivity contribution in [2.24, 2.45) is 0 Å². The van der Waals surface area contributed by atoms with Crippen LogP contribution in [0, 0.1) is 0 Å². The number of benzene rings is 4. The maximum atomic E-state index is 12.7. The van der Waals surface area contributed by atoms with Gasteiger partial charge in [0.25, 0.3) is 15.9 Å². The van der Waals surface area contributed by atoms with Crippen molar-refractivity contribution in [1.82, 2.24) is 0 Å². The molecule has 32 heavy (non-hydrogen) atoms. The first-order valence-corrected chi connectivity index (χ1v) is 11.7. The monoisotopic (exact) mass is 440 g/mol. The van der Waals surface area contributed by atoms with Crippen molar-refractivity contribution < 1.29 is 13.2 Å². The van der Waals surface area contributed by atoms with E-state index in [1.165, 1.54) is 34.4 Å². The summed E-state index contributed by atoms with van der Waals surface area (Å²) >= 11 is 0. The van der Waals surface area contributed by atoms with E-state index in [-0.39, 0.29) is 10.8 Å². The molecule has 5 nitrogen and oxygen atoms in total. The Labute approximate surface area is 186 Å². The number of nitrogens with one attached hydrogen (secondary N) is 2. The maximum absolute atomic E-state index is 12.7. The first-order chi connectivity index (χ1) is 15.5. The van der Waals surface area contributed by atoms with Gasteiger partial charge in [0.15, 0.2) is 0 Å². The zero-order valence-electron chi connectivity index (χ0n) is 17.1. The lowest BCUT2D eigenvalue weighted by atomic mass is 10.1. The van der Waals surface area contributed by atoms with Gasteiger partial charge in [0.1, 0.15) is 0 Å². The highest BCUT2D eigenvalue weighted by molar-refractivity contribution is 7.92. The zero-order chi connectivity index (χ0) is 22.1. The molecule has 0 atom stereocenters. The van der Waals surface area contributed by atoms with Crippen molar-refractivity contribution in [1.29, 1.82) is 0 Å². The molecule has 0 aromatic heterocycles. The van der Waals surface area contributed by atoms with Crippen molar-refractivity contribution in [3.63, 3.8) is 0 Å². The molecule has 0 fully saturated rings. The van der Waals surface area contributed by atoms with Crippen molar-refractivity contribution >= 4 is 27.3 Å². The summed E-state index contributed by atoms with van der Waals surface area (Å²) in [6.45, 7) is 0. The summed E-state index contributed by atoms with van der Waals surface area (Å²) in [5, 5.41) is 2.93. The second-order valence-corrected chi connectivity index (χ2v) is 9.34. The minimum Gasteiger partial charge on any atom is -0.322 e. The zero-order valence-corrected chi connectivity index (χ0v) is 17.9. The third-order valence-electron chi connectivity index (χ3n) is 5.50. The van der Waals surface area contributed by atoms with E-state index in [2.05, 4.69) is 22.2 Å². The van der Waals surface area contributed by atoms with E-state index in [1.807, 2.05) is 30.3 Å². The van der Waals surface area contributed by atoms with Crippen LogP contribution < -0.4 is 10.0 Å². The highest BCUT2D eigenvalue weighted by Gasteiger charge is 2.18. The Morgan fingerprint density at radius 1 is 0.688 bits per heavy atom. The Bertz CT molecular complexity index is 1410. The lowest BCUT2D eigenvalue weighted by Crippen LogP contribution is -2.14. The first kappa shape index (κ1) is 20.0. The van der Waals surface area contributed by atoms with Crippen LogP contribution >= 0.6 is 0 Å². The Hall–Kier alpha value is -3.90. The number of sulfonamides is 1. The summed E-state index contributed by atoms with van der Waals surface area (Å²) in [6.07, 6.45) is 0.853. The van der Waals surface area contributed by atoms with E-state index in [4.69, 9.17) is 0 Å². The van der Waals surface area contributed by atoms with Crippen LogP contribution in [-0.2, 0) is 16.4 Å². The molecule has 0 radical (unpaired) electrons. The second kappa shape index (κ2) is 7.98. The number of amides is 1. The van der Waals surface area contributed by atoms with Crippen LogP contribution in [0.2, 0.25) is 0 Å². The number of fused-ring (bicyclic) bond motifs is 3. The third-order valence-corrected chi connectivity index (χ3v) is 6.90. The van der Waals surface area contributed by atoms with Gasteiger partial charge in [-0.15, -0.1) is 0 Å². The van der Waals surface area contributed by atoms with Gasteiger partial charge in [-0.25, -0.2) is 8.42 Å². The summed E-state index contributed by atoms with van der Waals surface area (Å²) in [6, 6.07) is 28.8. The van der Waals surface area contributed by atoms with Gasteiger partial charge in [0.2, 0.25) is 0 Å². The SMILES string of the molecule is O=C(Nc1ccc2c(c1)Cc1ccccc1-2)c1ccc(NS(=O)(=O)c2ccccc2)cc1. The molecular formula is C26H20N2O3S. The summed E-state index contributed by atoms with van der Waals surface area (Å²) in [7, 11) is -3.67. The summed E-state index contributed by atoms with van der Waals surface area (Å²) in [5.41, 5.74) is 6.49. The van der Waals surface area contributed by atoms with Crippen LogP contribution in [0.1, 0.15) is 21.5 Å². The van der Waals surface area contributed by atoms with Crippen LogP contribution in [0.3, 0.4) is 0 Å². The quantitative estimate of drug-likeness (QED) is 0.389. The van der Waals surface area contributed by atoms with Crippen molar-refractivity contribution in [3.8, 4) is 11.1 Å². The summed E-state index contributed by atoms with van der Waals surface area (Å²) in [4.78, 5) is 12.9. The fourth-order valence-electron chi connectivity index (χ4n) is 3.93. The molecular weight excluding hydrogens is 420 g/mol. The van der Waals surface area contributed by atoms with E-state index < -0.39 is 10.0 Å². The highest BCUT2D eigenvalue weighted by Crippen LogP contribution is 2.37. The molecule has 0 saturated carbocycles. The highest BCUT2D eigenvalue weighted by atomic mass is 32.2. The third kappa shape index (κ3) is 3.88. The lowest BCUT2D eigenvalue weighted by Gasteiger charge is -2.10. The molecule has 158 valence electrons. The predicted octanol–water partition coefficient (Wildman–Crippen LogP) is 5.31. The van der Waals surface area contributed by atoms with E-state index >= 15 is 0 Å². The summed E-state index contributed by atoms with van der Waals surface area (Å²) in [5.74, 6) is -0.252. The predicted molar refractivity (Wildman–Crippen MR) is 126 cm³/mol. The average Bonchev–Trinajstić information content (AvgIpc) is 3.17. The number of rotatable bonds is 5. The van der Waals surface area contributed by atoms with Gasteiger partial charge in [-0.05, 0) is 77.2 Å². The topological polar surface area (TPSA) is 75.3 Å². The first-order valence-electron chi connectivity index (χ1n) is 10.2. The van der Waals surface area contributed by atoms with Gasteiger partial charge < -0.3 is 5.32 Å². The van der Waals surface area contributed by atoms with Gasteiger partial charge in [0, 0.05) is 16.9 Å². The van der Waals surface area contributed by atoms with E-state index in [9.17, 15) is 13.2 Å². The Balaban J connectivity index is 1.28. The van der Waals surface area contributed by atoms with E-state index in [0.29, 0.717) is 11.3 Å². The van der Waals surface area contributed by atoms with Crippen LogP contribution in [0.15, 0.2) is 102 Å². The molecule has 4 aromatic carbocycles. The van der Waals surface area contributed by atoms with Gasteiger partial charge in [-0.1, -0.05) is 48.5 Å². The molecule has 0 heterocycles. The molecule has 0 unspecified atom stereocenters. The van der Waals surface area contributed by atoms with Crippen LogP contribution in [0.25, 0.3) is 11.1 Å². The van der Waals surface area contributed by atoms with Crippen LogP contribution in [0.5, 0.6) is 0 Å². The Morgan fingerprint density at radius 2 is 1.34 bits per heavy atom. The number of anilines is 2. The molecule has 0 saturated heterocycles. The van der Waals surface area contributed by atoms with Crippen molar-refractivity contribution in [2.75, 3.05) is 10.0 Å². The maximum Gasteiger partial charge on any atom is 0.261 e. The van der Waals surface area contributed by atoms with E-state index in [0.717, 1.165) is 12.1 Å². The molecule has 5 rings (SSSR count).